The lowest BCUT2D eigenvalue weighted by atomic mass is 9.97. The molecule has 0 nitrogen and oxygen atoms in total. The zero-order chi connectivity index (χ0) is 19.0. The summed E-state index contributed by atoms with van der Waals surface area (Å²) in [5.74, 6) is 0. The summed E-state index contributed by atoms with van der Waals surface area (Å²) in [5.41, 5.74) is 11.3. The number of benzene rings is 1. The van der Waals surface area contributed by atoms with Crippen molar-refractivity contribution in [3.63, 3.8) is 0 Å². The molecule has 0 radical (unpaired) electrons. The molecular formula is C27H40. The third kappa shape index (κ3) is 5.10. The van der Waals surface area contributed by atoms with Crippen LogP contribution in [0.4, 0.5) is 0 Å². The number of fused-ring (bicyclic) bond motifs is 2. The Hall–Kier alpha value is -2.34. The van der Waals surface area contributed by atoms with Crippen LogP contribution in [0, 0.1) is 0 Å². The second-order valence-electron chi connectivity index (χ2n) is 5.68. The molecule has 0 N–H and O–H groups in total. The monoisotopic (exact) mass is 364 g/mol. The maximum atomic E-state index is 4.02. The summed E-state index contributed by atoms with van der Waals surface area (Å²) >= 11 is 0. The van der Waals surface area contributed by atoms with E-state index in [1.165, 1.54) is 44.5 Å². The van der Waals surface area contributed by atoms with Gasteiger partial charge in [0.2, 0.25) is 0 Å². The lowest BCUT2D eigenvalue weighted by Crippen LogP contribution is -1.90. The van der Waals surface area contributed by atoms with Crippen LogP contribution in [-0.2, 0) is 12.8 Å². The zero-order valence-corrected chi connectivity index (χ0v) is 16.6. The summed E-state index contributed by atoms with van der Waals surface area (Å²) < 4.78 is 0. The average Bonchev–Trinajstić information content (AvgIpc) is 3.19. The Morgan fingerprint density at radius 3 is 1.89 bits per heavy atom. The molecule has 27 heavy (non-hydrogen) atoms. The van der Waals surface area contributed by atoms with E-state index < -0.39 is 0 Å². The number of rotatable bonds is 2. The summed E-state index contributed by atoms with van der Waals surface area (Å²) in [5, 5.41) is 0. The first-order valence-corrected chi connectivity index (χ1v) is 9.20. The van der Waals surface area contributed by atoms with E-state index in [4.69, 9.17) is 0 Å². The van der Waals surface area contributed by atoms with Crippen LogP contribution in [0.25, 0.3) is 11.1 Å². The van der Waals surface area contributed by atoms with Gasteiger partial charge in [-0.05, 0) is 90.3 Å². The summed E-state index contributed by atoms with van der Waals surface area (Å²) in [6.45, 7) is 20.4. The first-order valence-electron chi connectivity index (χ1n) is 9.20. The molecule has 3 rings (SSSR count). The second kappa shape index (κ2) is 12.9. The molecule has 0 heteroatoms. The predicted molar refractivity (Wildman–Crippen MR) is 129 cm³/mol. The molecule has 0 aromatic heterocycles. The molecule has 0 aliphatic heterocycles. The molecule has 0 saturated carbocycles. The molecule has 0 spiro atoms. The molecule has 148 valence electrons. The molecule has 1 aromatic rings. The molecule has 0 fully saturated rings. The quantitative estimate of drug-likeness (QED) is 0.460. The minimum absolute atomic E-state index is 0. The van der Waals surface area contributed by atoms with Crippen LogP contribution in [0.15, 0.2) is 73.4 Å². The molecule has 0 bridgehead atoms. The molecule has 0 amide bonds. The summed E-state index contributed by atoms with van der Waals surface area (Å²) in [6, 6.07) is 4.79. The van der Waals surface area contributed by atoms with Gasteiger partial charge in [0.15, 0.2) is 0 Å². The molecule has 0 heterocycles. The van der Waals surface area contributed by atoms with Gasteiger partial charge in [-0.2, -0.15) is 0 Å². The fraction of sp³-hybridized carbons (Fsp3) is 0.333. The van der Waals surface area contributed by atoms with Crippen molar-refractivity contribution in [2.75, 3.05) is 0 Å². The Morgan fingerprint density at radius 2 is 1.41 bits per heavy atom. The van der Waals surface area contributed by atoms with Crippen molar-refractivity contribution in [2.45, 2.75) is 62.3 Å². The molecule has 2 aliphatic rings. The third-order valence-electron chi connectivity index (χ3n) is 4.57. The number of allylic oxidation sites excluding steroid dienone is 9. The zero-order valence-electron chi connectivity index (χ0n) is 16.6. The number of hydrogen-bond donors (Lipinski definition) is 0. The lowest BCUT2D eigenvalue weighted by Gasteiger charge is -2.07. The van der Waals surface area contributed by atoms with E-state index >= 15 is 0 Å². The van der Waals surface area contributed by atoms with E-state index in [1.807, 2.05) is 19.9 Å². The van der Waals surface area contributed by atoms with E-state index in [1.54, 1.807) is 0 Å². The highest BCUT2D eigenvalue weighted by atomic mass is 14.3. The van der Waals surface area contributed by atoms with E-state index in [0.717, 1.165) is 12.8 Å². The van der Waals surface area contributed by atoms with Crippen molar-refractivity contribution in [3.8, 4) is 0 Å². The van der Waals surface area contributed by atoms with Crippen LogP contribution in [-0.4, -0.2) is 0 Å². The Bertz CT molecular complexity index is 748. The first kappa shape index (κ1) is 26.9. The summed E-state index contributed by atoms with van der Waals surface area (Å²) in [4.78, 5) is 0. The summed E-state index contributed by atoms with van der Waals surface area (Å²) in [6.07, 6.45) is 12.9. The van der Waals surface area contributed by atoms with E-state index in [0.29, 0.717) is 0 Å². The maximum Gasteiger partial charge on any atom is -0.00134 e. The molecule has 0 saturated heterocycles. The van der Waals surface area contributed by atoms with Gasteiger partial charge in [0.05, 0.1) is 0 Å². The topological polar surface area (TPSA) is 0 Å². The SMILES string of the molecule is C.C.C=C.C=CC1=C(/C=C\C)Cc2cc3c(cc21)CC(=C/C)/C3=C\C.CC. The van der Waals surface area contributed by atoms with Gasteiger partial charge in [-0.15, -0.1) is 13.2 Å². The molecule has 1 aromatic carbocycles. The van der Waals surface area contributed by atoms with Gasteiger partial charge in [-0.25, -0.2) is 0 Å². The van der Waals surface area contributed by atoms with Crippen molar-refractivity contribution >= 4 is 11.1 Å². The second-order valence-corrected chi connectivity index (χ2v) is 5.68. The van der Waals surface area contributed by atoms with Crippen LogP contribution in [0.3, 0.4) is 0 Å². The summed E-state index contributed by atoms with van der Waals surface area (Å²) in [7, 11) is 0. The predicted octanol–water partition coefficient (Wildman–Crippen LogP) is 8.76. The third-order valence-corrected chi connectivity index (χ3v) is 4.57. The van der Waals surface area contributed by atoms with Crippen molar-refractivity contribution in [2.24, 2.45) is 0 Å². The van der Waals surface area contributed by atoms with Crippen LogP contribution < -0.4 is 0 Å². The Balaban J connectivity index is 0. The first-order chi connectivity index (χ1) is 12.2. The van der Waals surface area contributed by atoms with Crippen molar-refractivity contribution in [1.29, 1.82) is 0 Å². The van der Waals surface area contributed by atoms with Gasteiger partial charge in [-0.3, -0.25) is 0 Å². The number of hydrogen-bond acceptors (Lipinski definition) is 0. The van der Waals surface area contributed by atoms with Gasteiger partial charge in [0.1, 0.15) is 0 Å². The molecule has 0 atom stereocenters. The highest BCUT2D eigenvalue weighted by Gasteiger charge is 2.25. The van der Waals surface area contributed by atoms with E-state index in [9.17, 15) is 0 Å². The minimum atomic E-state index is 0. The fourth-order valence-electron chi connectivity index (χ4n) is 3.62. The Kier molecular flexibility index (Phi) is 12.9. The van der Waals surface area contributed by atoms with Crippen LogP contribution in [0.5, 0.6) is 0 Å². The lowest BCUT2D eigenvalue weighted by molar-refractivity contribution is 1.21. The Morgan fingerprint density at radius 1 is 0.852 bits per heavy atom. The smallest absolute Gasteiger partial charge is 0.00134 e. The average molecular weight is 365 g/mol. The Labute approximate surface area is 169 Å². The van der Waals surface area contributed by atoms with Gasteiger partial charge in [0, 0.05) is 0 Å². The van der Waals surface area contributed by atoms with Gasteiger partial charge >= 0.3 is 0 Å². The van der Waals surface area contributed by atoms with E-state index in [-0.39, 0.29) is 14.9 Å². The highest BCUT2D eigenvalue weighted by molar-refractivity contribution is 5.91. The standard InChI is InChI=1S/C21H22.C2H6.C2H4.2CH4/c1-5-9-15-11-17-13-20-16(12-21(17)19(15)8-4)10-14(6-2)18(20)7-3;2*1-2;;/h5-9,12-13H,4,10-11H2,1-3H3;1-2H3;1-2H2;2*1H4/b9-5-,14-6-,18-7+;;;;. The normalized spacial score (nSPS) is 16.5. The van der Waals surface area contributed by atoms with Crippen LogP contribution >= 0.6 is 0 Å². The minimum Gasteiger partial charge on any atom is -0.106 e. The molecular weight excluding hydrogens is 324 g/mol. The fourth-order valence-corrected chi connectivity index (χ4v) is 3.62. The van der Waals surface area contributed by atoms with Gasteiger partial charge in [0.25, 0.3) is 0 Å². The van der Waals surface area contributed by atoms with Crippen molar-refractivity contribution in [1.82, 2.24) is 0 Å². The largest absolute Gasteiger partial charge is 0.106 e. The van der Waals surface area contributed by atoms with Gasteiger partial charge < -0.3 is 0 Å². The molecule has 0 unspecified atom stereocenters. The highest BCUT2D eigenvalue weighted by Crippen LogP contribution is 2.43. The van der Waals surface area contributed by atoms with Crippen LogP contribution in [0.1, 0.15) is 71.7 Å². The molecule has 2 aliphatic carbocycles. The van der Waals surface area contributed by atoms with Crippen molar-refractivity contribution < 1.29 is 0 Å². The van der Waals surface area contributed by atoms with Crippen molar-refractivity contribution in [3.05, 3.63) is 95.6 Å². The van der Waals surface area contributed by atoms with Gasteiger partial charge in [-0.1, -0.05) is 65.7 Å². The van der Waals surface area contributed by atoms with E-state index in [2.05, 4.69) is 76.9 Å². The van der Waals surface area contributed by atoms with Crippen LogP contribution in [0.2, 0.25) is 0 Å². The maximum absolute atomic E-state index is 4.02.